The first-order valence-corrected chi connectivity index (χ1v) is 22.6. The van der Waals surface area contributed by atoms with Gasteiger partial charge in [0, 0.05) is 0 Å². The van der Waals surface area contributed by atoms with E-state index in [-0.39, 0.29) is 5.92 Å². The van der Waals surface area contributed by atoms with E-state index >= 15 is 0 Å². The largest absolute Gasteiger partial charge is 0.393 e. The summed E-state index contributed by atoms with van der Waals surface area (Å²) in [7, 11) is 0. The SMILES string of the molecule is CCCCCCCCCCCCCCCCCCCCC(CCCCCCCCCCCCCCCCCCCC)C(=O)OC(=O)C(O)CO. The highest BCUT2D eigenvalue weighted by molar-refractivity contribution is 5.88. The Hall–Kier alpha value is -0.940. The van der Waals surface area contributed by atoms with Crippen molar-refractivity contribution in [3.8, 4) is 0 Å². The molecule has 0 amide bonds. The van der Waals surface area contributed by atoms with Crippen molar-refractivity contribution in [1.82, 2.24) is 0 Å². The fourth-order valence-electron chi connectivity index (χ4n) is 7.29. The Kier molecular flexibility index (Phi) is 40.1. The maximum atomic E-state index is 12.8. The van der Waals surface area contributed by atoms with Crippen LogP contribution in [0.15, 0.2) is 0 Å². The van der Waals surface area contributed by atoms with E-state index in [0.29, 0.717) is 0 Å². The minimum Gasteiger partial charge on any atom is -0.393 e. The lowest BCUT2D eigenvalue weighted by Gasteiger charge is -2.16. The summed E-state index contributed by atoms with van der Waals surface area (Å²) in [6, 6.07) is 0. The zero-order chi connectivity index (χ0) is 36.6. The van der Waals surface area contributed by atoms with Gasteiger partial charge >= 0.3 is 11.9 Å². The molecule has 1 unspecified atom stereocenters. The molecule has 0 bridgehead atoms. The number of aliphatic hydroxyl groups excluding tert-OH is 2. The summed E-state index contributed by atoms with van der Waals surface area (Å²) < 4.78 is 4.95. The highest BCUT2D eigenvalue weighted by Gasteiger charge is 2.25. The van der Waals surface area contributed by atoms with Crippen LogP contribution in [0.25, 0.3) is 0 Å². The molecule has 0 aliphatic carbocycles. The Morgan fingerprint density at radius 2 is 0.600 bits per heavy atom. The van der Waals surface area contributed by atoms with Crippen LogP contribution in [-0.4, -0.2) is 34.9 Å². The molecule has 0 rings (SSSR count). The van der Waals surface area contributed by atoms with Crippen molar-refractivity contribution >= 4 is 11.9 Å². The molecule has 1 atom stereocenters. The standard InChI is InChI=1S/C45H88O5/c1-3-5-7-9-11-13-15-17-19-21-23-25-27-29-31-33-35-37-39-42(44(48)50-45(49)43(47)41-46)40-38-36-34-32-30-28-26-24-22-20-18-16-14-12-10-8-6-4-2/h42-43,46-47H,3-41H2,1-2H3. The molecule has 50 heavy (non-hydrogen) atoms. The van der Waals surface area contributed by atoms with Crippen LogP contribution in [0.5, 0.6) is 0 Å². The van der Waals surface area contributed by atoms with Crippen LogP contribution in [0.1, 0.15) is 258 Å². The molecule has 5 heteroatoms. The fourth-order valence-corrected chi connectivity index (χ4v) is 7.29. The van der Waals surface area contributed by atoms with Crippen molar-refractivity contribution in [3.05, 3.63) is 0 Å². The van der Waals surface area contributed by atoms with Gasteiger partial charge in [-0.1, -0.05) is 245 Å². The smallest absolute Gasteiger partial charge is 0.345 e. The van der Waals surface area contributed by atoms with Gasteiger partial charge < -0.3 is 14.9 Å². The van der Waals surface area contributed by atoms with Gasteiger partial charge in [-0.3, -0.25) is 4.79 Å². The normalized spacial score (nSPS) is 12.2. The summed E-state index contributed by atoms with van der Waals surface area (Å²) in [6.07, 6.45) is 47.8. The van der Waals surface area contributed by atoms with Crippen molar-refractivity contribution in [2.45, 2.75) is 264 Å². The molecule has 2 N–H and O–H groups in total. The van der Waals surface area contributed by atoms with E-state index in [1.165, 1.54) is 205 Å². The molecule has 0 saturated carbocycles. The first-order valence-electron chi connectivity index (χ1n) is 22.6. The number of hydrogen-bond acceptors (Lipinski definition) is 5. The summed E-state index contributed by atoms with van der Waals surface area (Å²) in [4.78, 5) is 24.7. The predicted octanol–water partition coefficient (Wildman–Crippen LogP) is 13.9. The second-order valence-electron chi connectivity index (χ2n) is 15.7. The maximum absolute atomic E-state index is 12.8. The monoisotopic (exact) mass is 709 g/mol. The zero-order valence-electron chi connectivity index (χ0n) is 33.9. The van der Waals surface area contributed by atoms with E-state index in [0.717, 1.165) is 38.5 Å². The van der Waals surface area contributed by atoms with Crippen LogP contribution in [0.3, 0.4) is 0 Å². The molecule has 0 aromatic rings. The molecule has 0 aliphatic rings. The minimum absolute atomic E-state index is 0.299. The number of ether oxygens (including phenoxy) is 1. The second-order valence-corrected chi connectivity index (χ2v) is 15.7. The number of carbonyl (C=O) groups is 2. The zero-order valence-corrected chi connectivity index (χ0v) is 33.9. The summed E-state index contributed by atoms with van der Waals surface area (Å²) in [5, 5.41) is 18.6. The lowest BCUT2D eigenvalue weighted by Crippen LogP contribution is -2.31. The van der Waals surface area contributed by atoms with E-state index in [4.69, 9.17) is 9.84 Å². The lowest BCUT2D eigenvalue weighted by molar-refractivity contribution is -0.170. The lowest BCUT2D eigenvalue weighted by atomic mass is 9.94. The topological polar surface area (TPSA) is 83.8 Å². The Bertz CT molecular complexity index is 655. The summed E-state index contributed by atoms with van der Waals surface area (Å²) >= 11 is 0. The van der Waals surface area contributed by atoms with E-state index in [1.807, 2.05) is 0 Å². The van der Waals surface area contributed by atoms with Crippen molar-refractivity contribution in [2.24, 2.45) is 5.92 Å². The molecule has 0 heterocycles. The molecular weight excluding hydrogens is 620 g/mol. The van der Waals surface area contributed by atoms with Gasteiger partial charge in [-0.15, -0.1) is 0 Å². The number of aliphatic hydroxyl groups is 2. The Morgan fingerprint density at radius 3 is 0.820 bits per heavy atom. The van der Waals surface area contributed by atoms with Crippen molar-refractivity contribution in [3.63, 3.8) is 0 Å². The van der Waals surface area contributed by atoms with Gasteiger partial charge in [0.05, 0.1) is 12.5 Å². The van der Waals surface area contributed by atoms with Crippen LogP contribution < -0.4 is 0 Å². The van der Waals surface area contributed by atoms with Crippen molar-refractivity contribution in [2.75, 3.05) is 6.61 Å². The molecule has 0 radical (unpaired) electrons. The number of rotatable bonds is 41. The van der Waals surface area contributed by atoms with Gasteiger partial charge in [-0.2, -0.15) is 0 Å². The average Bonchev–Trinajstić information content (AvgIpc) is 3.12. The maximum Gasteiger partial charge on any atom is 0.345 e. The number of unbranched alkanes of at least 4 members (excludes halogenated alkanes) is 34. The highest BCUT2D eigenvalue weighted by Crippen LogP contribution is 2.22. The second kappa shape index (κ2) is 40.8. The third kappa shape index (κ3) is 35.5. The van der Waals surface area contributed by atoms with E-state index in [9.17, 15) is 14.7 Å². The third-order valence-corrected chi connectivity index (χ3v) is 10.8. The number of esters is 2. The number of carbonyl (C=O) groups excluding carboxylic acids is 2. The van der Waals surface area contributed by atoms with Gasteiger partial charge in [0.1, 0.15) is 0 Å². The highest BCUT2D eigenvalue weighted by atomic mass is 16.6. The van der Waals surface area contributed by atoms with Crippen LogP contribution in [-0.2, 0) is 14.3 Å². The molecule has 0 aromatic heterocycles. The minimum atomic E-state index is -1.64. The Morgan fingerprint density at radius 1 is 0.380 bits per heavy atom. The van der Waals surface area contributed by atoms with Crippen molar-refractivity contribution < 1.29 is 24.5 Å². The average molecular weight is 709 g/mol. The molecule has 298 valence electrons. The van der Waals surface area contributed by atoms with E-state index in [2.05, 4.69) is 13.8 Å². The van der Waals surface area contributed by atoms with E-state index in [1.54, 1.807) is 0 Å². The molecule has 0 aromatic carbocycles. The Labute approximate surface area is 312 Å². The predicted molar refractivity (Wildman–Crippen MR) is 214 cm³/mol. The first kappa shape index (κ1) is 49.1. The molecule has 0 saturated heterocycles. The van der Waals surface area contributed by atoms with Crippen LogP contribution in [0.2, 0.25) is 0 Å². The van der Waals surface area contributed by atoms with Crippen LogP contribution in [0, 0.1) is 5.92 Å². The third-order valence-electron chi connectivity index (χ3n) is 10.8. The van der Waals surface area contributed by atoms with Gasteiger partial charge in [-0.05, 0) is 12.8 Å². The molecular formula is C45H88O5. The quantitative estimate of drug-likeness (QED) is 0.0375. The number of hydrogen-bond donors (Lipinski definition) is 2. The summed E-state index contributed by atoms with van der Waals surface area (Å²) in [5.41, 5.74) is 0. The first-order chi connectivity index (χ1) is 24.6. The Balaban J connectivity index is 3.88. The van der Waals surface area contributed by atoms with Crippen molar-refractivity contribution in [1.29, 1.82) is 0 Å². The van der Waals surface area contributed by atoms with Crippen LogP contribution >= 0.6 is 0 Å². The molecule has 0 aliphatic heterocycles. The van der Waals surface area contributed by atoms with Gasteiger partial charge in [0.15, 0.2) is 6.10 Å². The van der Waals surface area contributed by atoms with Gasteiger partial charge in [0.25, 0.3) is 0 Å². The summed E-state index contributed by atoms with van der Waals surface area (Å²) in [5.74, 6) is -1.86. The molecule has 0 fully saturated rings. The van der Waals surface area contributed by atoms with Gasteiger partial charge in [0.2, 0.25) is 0 Å². The summed E-state index contributed by atoms with van der Waals surface area (Å²) in [6.45, 7) is 3.84. The molecule has 0 spiro atoms. The van der Waals surface area contributed by atoms with E-state index < -0.39 is 24.6 Å². The fraction of sp³-hybridized carbons (Fsp3) is 0.956. The van der Waals surface area contributed by atoms with Crippen LogP contribution in [0.4, 0.5) is 0 Å². The molecule has 5 nitrogen and oxygen atoms in total. The van der Waals surface area contributed by atoms with Gasteiger partial charge in [-0.25, -0.2) is 4.79 Å².